The number of hydrogen-bond acceptors (Lipinski definition) is 6. The van der Waals surface area contributed by atoms with Crippen molar-refractivity contribution in [3.8, 4) is 0 Å². The summed E-state index contributed by atoms with van der Waals surface area (Å²) in [5, 5.41) is 0. The normalized spacial score (nSPS) is 6.30. The van der Waals surface area contributed by atoms with E-state index in [-0.39, 0.29) is 36.9 Å². The fraction of sp³-hybridized carbons (Fsp3) is 0. The SMILES string of the molecule is O=P[O-].O=P[O-].O=P[O-].[Tm+3]. The Morgan fingerprint density at radius 3 is 0.700 bits per heavy atom. The molecule has 0 aromatic carbocycles. The van der Waals surface area contributed by atoms with Gasteiger partial charge in [-0.25, -0.2) is 0 Å². The van der Waals surface area contributed by atoms with Crippen LogP contribution in [0.2, 0.25) is 0 Å². The van der Waals surface area contributed by atoms with E-state index in [1.165, 1.54) is 0 Å². The van der Waals surface area contributed by atoms with Gasteiger partial charge in [-0.2, -0.15) is 0 Å². The molecule has 0 aromatic heterocycles. The topological polar surface area (TPSA) is 120 Å². The summed E-state index contributed by atoms with van der Waals surface area (Å²) in [5.41, 5.74) is 0. The van der Waals surface area contributed by atoms with Crippen LogP contribution in [0.4, 0.5) is 0 Å². The van der Waals surface area contributed by atoms with E-state index < -0.39 is 26.1 Å². The van der Waals surface area contributed by atoms with Gasteiger partial charge in [0.1, 0.15) is 0 Å². The van der Waals surface area contributed by atoms with Crippen molar-refractivity contribution in [3.63, 3.8) is 0 Å². The third kappa shape index (κ3) is 333. The van der Waals surface area contributed by atoms with Crippen LogP contribution in [0.5, 0.6) is 0 Å². The summed E-state index contributed by atoms with van der Waals surface area (Å²) in [6.45, 7) is 0. The molecule has 0 aromatic rings. The van der Waals surface area contributed by atoms with Crippen LogP contribution in [0.15, 0.2) is 0 Å². The van der Waals surface area contributed by atoms with Crippen molar-refractivity contribution < 1.29 is 65.3 Å². The predicted molar refractivity (Wildman–Crippen MR) is 22.8 cm³/mol. The first-order chi connectivity index (χ1) is 4.24. The standard InChI is InChI=1S/3HO2P.Tm/c3*1-3-2;/h3*(H,1,2);/q;;;+3/p-3. The Hall–Kier alpha value is 1.41. The number of rotatable bonds is 0. The first kappa shape index (κ1) is 22.5. The maximum Gasteiger partial charge on any atom is 3.00 e. The summed E-state index contributed by atoms with van der Waals surface area (Å²) in [4.78, 5) is 25.0. The quantitative estimate of drug-likeness (QED) is 0.495. The summed E-state index contributed by atoms with van der Waals surface area (Å²) >= 11 is 0. The minimum atomic E-state index is -1.08. The summed E-state index contributed by atoms with van der Waals surface area (Å²) in [6, 6.07) is 0. The van der Waals surface area contributed by atoms with Gasteiger partial charge in [-0.1, -0.05) is 0 Å². The van der Waals surface area contributed by atoms with E-state index in [0.717, 1.165) is 0 Å². The van der Waals surface area contributed by atoms with Gasteiger partial charge in [-0.15, -0.1) is 0 Å². The predicted octanol–water partition coefficient (Wildman–Crippen LogP) is -1.34. The second-order valence-corrected chi connectivity index (χ2v) is 0.671. The smallest absolute Gasteiger partial charge is 0.772 e. The van der Waals surface area contributed by atoms with Crippen molar-refractivity contribution in [2.24, 2.45) is 0 Å². The second-order valence-electron chi connectivity index (χ2n) is 0.224. The van der Waals surface area contributed by atoms with Crippen LogP contribution in [0.1, 0.15) is 0 Å². The zero-order valence-corrected chi connectivity index (χ0v) is 8.53. The van der Waals surface area contributed by atoms with Gasteiger partial charge in [0.05, 0.1) is 26.1 Å². The van der Waals surface area contributed by atoms with E-state index in [0.29, 0.717) is 0 Å². The van der Waals surface area contributed by atoms with Crippen LogP contribution in [0.25, 0.3) is 0 Å². The first-order valence-electron chi connectivity index (χ1n) is 1.10. The molecule has 0 unspecified atom stereocenters. The Morgan fingerprint density at radius 1 is 0.700 bits per heavy atom. The van der Waals surface area contributed by atoms with Gasteiger partial charge >= 0.3 is 36.9 Å². The van der Waals surface area contributed by atoms with E-state index in [1.807, 2.05) is 0 Å². The van der Waals surface area contributed by atoms with E-state index >= 15 is 0 Å². The Morgan fingerprint density at radius 2 is 0.700 bits per heavy atom. The van der Waals surface area contributed by atoms with Crippen LogP contribution >= 0.6 is 26.1 Å². The van der Waals surface area contributed by atoms with Crippen LogP contribution in [0, 0.1) is 36.9 Å². The van der Waals surface area contributed by atoms with Crippen molar-refractivity contribution in [2.75, 3.05) is 0 Å². The first-order valence-corrected chi connectivity index (χ1v) is 3.29. The second kappa shape index (κ2) is 47.4. The fourth-order valence-corrected chi connectivity index (χ4v) is 0. The molecule has 6 nitrogen and oxygen atoms in total. The Labute approximate surface area is 90.7 Å². The van der Waals surface area contributed by atoms with Gasteiger partial charge < -0.3 is 14.7 Å². The third-order valence-electron chi connectivity index (χ3n) is 0. The Balaban J connectivity index is -0.0000000257. The molecule has 0 N–H and O–H groups in total. The van der Waals surface area contributed by atoms with Crippen LogP contribution in [-0.2, 0) is 13.7 Å². The van der Waals surface area contributed by atoms with Crippen LogP contribution < -0.4 is 14.7 Å². The zero-order valence-electron chi connectivity index (χ0n) is 4.07. The molecular weight excluding hydrogens is 358 g/mol. The molecule has 0 amide bonds. The maximum absolute atomic E-state index is 8.35. The minimum Gasteiger partial charge on any atom is -0.772 e. The fourth-order valence-electron chi connectivity index (χ4n) is 0. The molecular formula is O6P3Tm. The van der Waals surface area contributed by atoms with E-state index in [4.69, 9.17) is 28.4 Å². The molecule has 64 valence electrons. The third-order valence-corrected chi connectivity index (χ3v) is 0. The molecule has 10 heteroatoms. The molecule has 0 heterocycles. The van der Waals surface area contributed by atoms with Crippen LogP contribution in [0.3, 0.4) is 0 Å². The molecule has 0 fully saturated rings. The Bertz CT molecular complexity index is 49.7. The van der Waals surface area contributed by atoms with Crippen molar-refractivity contribution >= 4 is 26.1 Å². The molecule has 10 heavy (non-hydrogen) atoms. The summed E-state index contributed by atoms with van der Waals surface area (Å²) in [7, 11) is -3.25. The van der Waals surface area contributed by atoms with Crippen molar-refractivity contribution in [3.05, 3.63) is 0 Å². The zero-order chi connectivity index (χ0) is 8.12. The largest absolute Gasteiger partial charge is 3.00 e. The molecule has 0 bridgehead atoms. The van der Waals surface area contributed by atoms with Crippen molar-refractivity contribution in [2.45, 2.75) is 0 Å². The Kier molecular flexibility index (Phi) is 107. The molecule has 0 spiro atoms. The molecule has 0 aliphatic rings. The summed E-state index contributed by atoms with van der Waals surface area (Å²) in [5.74, 6) is 0. The molecule has 0 radical (unpaired) electrons. The number of hydrogen-bond donors (Lipinski definition) is 0. The van der Waals surface area contributed by atoms with Gasteiger partial charge in [-0.3, -0.25) is 13.7 Å². The molecule has 0 atom stereocenters. The van der Waals surface area contributed by atoms with E-state index in [2.05, 4.69) is 0 Å². The molecule has 0 saturated heterocycles. The van der Waals surface area contributed by atoms with E-state index in [1.54, 1.807) is 0 Å². The summed E-state index contributed by atoms with van der Waals surface area (Å²) in [6.07, 6.45) is 0. The monoisotopic (exact) mass is 358 g/mol. The maximum atomic E-state index is 8.35. The average molecular weight is 358 g/mol. The van der Waals surface area contributed by atoms with Gasteiger partial charge in [-0.05, 0) is 0 Å². The summed E-state index contributed by atoms with van der Waals surface area (Å²) < 4.78 is 25.0. The van der Waals surface area contributed by atoms with Crippen molar-refractivity contribution in [1.29, 1.82) is 0 Å². The van der Waals surface area contributed by atoms with Crippen LogP contribution in [-0.4, -0.2) is 0 Å². The van der Waals surface area contributed by atoms with Gasteiger partial charge in [0.25, 0.3) is 0 Å². The molecule has 0 aliphatic carbocycles. The van der Waals surface area contributed by atoms with E-state index in [9.17, 15) is 0 Å². The molecule has 0 aliphatic heterocycles. The van der Waals surface area contributed by atoms with Gasteiger partial charge in [0, 0.05) is 0 Å². The average Bonchev–Trinajstić information content (AvgIpc) is 1.70. The molecule has 0 saturated carbocycles. The van der Waals surface area contributed by atoms with Crippen molar-refractivity contribution in [1.82, 2.24) is 0 Å². The molecule has 0 rings (SSSR count). The minimum absolute atomic E-state index is 0. The van der Waals surface area contributed by atoms with Gasteiger partial charge in [0.15, 0.2) is 0 Å². The van der Waals surface area contributed by atoms with Gasteiger partial charge in [0.2, 0.25) is 0 Å².